The summed E-state index contributed by atoms with van der Waals surface area (Å²) >= 11 is 0. The Morgan fingerprint density at radius 2 is 1.58 bits per heavy atom. The van der Waals surface area contributed by atoms with Gasteiger partial charge in [-0.15, -0.1) is 0 Å². The Kier molecular flexibility index (Phi) is 7.14. The Hall–Kier alpha value is -3.51. The summed E-state index contributed by atoms with van der Waals surface area (Å²) in [5.74, 6) is 0.0408. The molecule has 0 spiro atoms. The smallest absolute Gasteiger partial charge is 0.254 e. The molecule has 2 atom stereocenters. The molecule has 2 aliphatic rings. The molecule has 2 N–H and O–H groups in total. The van der Waals surface area contributed by atoms with Crippen LogP contribution in [0, 0.1) is 13.8 Å². The van der Waals surface area contributed by atoms with Crippen LogP contribution >= 0.6 is 0 Å². The van der Waals surface area contributed by atoms with E-state index in [1.54, 1.807) is 0 Å². The van der Waals surface area contributed by atoms with Gasteiger partial charge in [0.15, 0.2) is 0 Å². The number of nitrogens with one attached hydrogen (secondary N) is 1. The highest BCUT2D eigenvalue weighted by Gasteiger charge is 2.31. The van der Waals surface area contributed by atoms with Crippen molar-refractivity contribution in [1.82, 2.24) is 4.90 Å². The molecule has 1 amide bonds. The van der Waals surface area contributed by atoms with Crippen LogP contribution in [0.25, 0.3) is 0 Å². The number of aryl methyl sites for hydroxylation is 2. The van der Waals surface area contributed by atoms with Gasteiger partial charge in [0.1, 0.15) is 0 Å². The molecule has 0 radical (unpaired) electrons. The summed E-state index contributed by atoms with van der Waals surface area (Å²) in [4.78, 5) is 20.2. The van der Waals surface area contributed by atoms with Gasteiger partial charge in [-0.25, -0.2) is 0 Å². The number of benzene rings is 3. The molecule has 5 rings (SSSR count). The molecule has 0 aliphatic carbocycles. The molecular weight excluding hydrogens is 448 g/mol. The third-order valence-corrected chi connectivity index (χ3v) is 7.54. The molecule has 6 heteroatoms. The monoisotopic (exact) mass is 484 g/mol. The maximum atomic E-state index is 13.7. The average molecular weight is 485 g/mol. The van der Waals surface area contributed by atoms with Crippen LogP contribution in [0.4, 0.5) is 17.1 Å². The van der Waals surface area contributed by atoms with Crippen LogP contribution in [0.1, 0.15) is 27.9 Å². The maximum absolute atomic E-state index is 13.7. The highest BCUT2D eigenvalue weighted by molar-refractivity contribution is 5.97. The Morgan fingerprint density at radius 3 is 2.28 bits per heavy atom. The van der Waals surface area contributed by atoms with Crippen molar-refractivity contribution in [1.29, 1.82) is 0 Å². The van der Waals surface area contributed by atoms with Crippen molar-refractivity contribution in [3.8, 4) is 0 Å². The van der Waals surface area contributed by atoms with Crippen molar-refractivity contribution < 1.29 is 9.90 Å². The van der Waals surface area contributed by atoms with Crippen LogP contribution in [-0.2, 0) is 0 Å². The fraction of sp³-hybridized carbons (Fsp3) is 0.367. The second-order valence-corrected chi connectivity index (χ2v) is 10.0. The molecule has 0 bridgehead atoms. The highest BCUT2D eigenvalue weighted by atomic mass is 16.3. The number of anilines is 3. The molecule has 36 heavy (non-hydrogen) atoms. The van der Waals surface area contributed by atoms with Crippen molar-refractivity contribution in [2.75, 3.05) is 54.4 Å². The lowest BCUT2D eigenvalue weighted by Crippen LogP contribution is -2.56. The summed E-state index contributed by atoms with van der Waals surface area (Å²) < 4.78 is 0. The normalized spacial score (nSPS) is 20.0. The average Bonchev–Trinajstić information content (AvgIpc) is 3.39. The summed E-state index contributed by atoms with van der Waals surface area (Å²) in [5.41, 5.74) is 6.27. The number of para-hydroxylation sites is 2. The number of carbonyl (C=O) groups excluding carboxylic acids is 1. The second-order valence-electron chi connectivity index (χ2n) is 10.0. The zero-order chi connectivity index (χ0) is 25.1. The lowest BCUT2D eigenvalue weighted by atomic mass is 10.0. The molecule has 0 saturated carbocycles. The lowest BCUT2D eigenvalue weighted by molar-refractivity contribution is 0.0698. The molecule has 3 aromatic rings. The van der Waals surface area contributed by atoms with E-state index in [9.17, 15) is 9.90 Å². The number of piperazine rings is 1. The number of nitrogens with zero attached hydrogens (tertiary/aromatic N) is 3. The van der Waals surface area contributed by atoms with Crippen LogP contribution in [0.15, 0.2) is 72.8 Å². The predicted octanol–water partition coefficient (Wildman–Crippen LogP) is 4.32. The van der Waals surface area contributed by atoms with E-state index in [2.05, 4.69) is 64.5 Å². The molecule has 188 valence electrons. The minimum atomic E-state index is -0.115. The number of rotatable bonds is 6. The van der Waals surface area contributed by atoms with Crippen molar-refractivity contribution >= 4 is 23.0 Å². The Labute approximate surface area is 214 Å². The van der Waals surface area contributed by atoms with Gasteiger partial charge in [-0.05, 0) is 61.7 Å². The van der Waals surface area contributed by atoms with Gasteiger partial charge < -0.3 is 25.1 Å². The van der Waals surface area contributed by atoms with E-state index in [1.807, 2.05) is 42.2 Å². The number of hydrogen-bond donors (Lipinski definition) is 2. The first kappa shape index (κ1) is 24.2. The number of aliphatic hydroxyl groups excluding tert-OH is 1. The number of amides is 1. The van der Waals surface area contributed by atoms with Gasteiger partial charge in [-0.3, -0.25) is 4.79 Å². The van der Waals surface area contributed by atoms with Crippen LogP contribution in [-0.4, -0.2) is 67.3 Å². The van der Waals surface area contributed by atoms with E-state index in [0.717, 1.165) is 47.6 Å². The Balaban J connectivity index is 1.29. The van der Waals surface area contributed by atoms with Crippen molar-refractivity contribution in [2.45, 2.75) is 32.4 Å². The molecule has 2 aliphatic heterocycles. The van der Waals surface area contributed by atoms with E-state index >= 15 is 0 Å². The van der Waals surface area contributed by atoms with Gasteiger partial charge in [0.2, 0.25) is 0 Å². The van der Waals surface area contributed by atoms with Gasteiger partial charge >= 0.3 is 0 Å². The van der Waals surface area contributed by atoms with E-state index in [0.29, 0.717) is 25.7 Å². The summed E-state index contributed by atoms with van der Waals surface area (Å²) in [6, 6.07) is 25.0. The van der Waals surface area contributed by atoms with Crippen LogP contribution < -0.4 is 15.1 Å². The third-order valence-electron chi connectivity index (χ3n) is 7.54. The summed E-state index contributed by atoms with van der Waals surface area (Å²) in [6.45, 7) is 7.94. The first-order chi connectivity index (χ1) is 17.5. The van der Waals surface area contributed by atoms with Crippen LogP contribution in [0.5, 0.6) is 0 Å². The molecule has 2 unspecified atom stereocenters. The van der Waals surface area contributed by atoms with Gasteiger partial charge in [0, 0.05) is 61.4 Å². The molecule has 2 saturated heterocycles. The topological polar surface area (TPSA) is 59.1 Å². The van der Waals surface area contributed by atoms with Gasteiger partial charge in [-0.2, -0.15) is 0 Å². The summed E-state index contributed by atoms with van der Waals surface area (Å²) in [7, 11) is 0. The molecule has 2 fully saturated rings. The molecule has 3 aromatic carbocycles. The third kappa shape index (κ3) is 5.05. The Bertz CT molecular complexity index is 1180. The van der Waals surface area contributed by atoms with E-state index in [-0.39, 0.29) is 18.6 Å². The number of hydrogen-bond acceptors (Lipinski definition) is 5. The van der Waals surface area contributed by atoms with E-state index in [4.69, 9.17) is 0 Å². The fourth-order valence-corrected chi connectivity index (χ4v) is 5.54. The van der Waals surface area contributed by atoms with Crippen LogP contribution in [0.3, 0.4) is 0 Å². The van der Waals surface area contributed by atoms with Gasteiger partial charge in [0.05, 0.1) is 12.6 Å². The molecule has 0 aromatic heterocycles. The zero-order valence-corrected chi connectivity index (χ0v) is 21.2. The molecule has 2 heterocycles. The quantitative estimate of drug-likeness (QED) is 0.546. The Morgan fingerprint density at radius 1 is 0.889 bits per heavy atom. The summed E-state index contributed by atoms with van der Waals surface area (Å²) in [6.07, 6.45) is 1.06. The van der Waals surface area contributed by atoms with E-state index in [1.165, 1.54) is 5.69 Å². The van der Waals surface area contributed by atoms with E-state index < -0.39 is 0 Å². The first-order valence-corrected chi connectivity index (χ1v) is 12.9. The molecule has 6 nitrogen and oxygen atoms in total. The fourth-order valence-electron chi connectivity index (χ4n) is 5.54. The van der Waals surface area contributed by atoms with Crippen molar-refractivity contribution in [2.24, 2.45) is 0 Å². The van der Waals surface area contributed by atoms with Gasteiger partial charge in [-0.1, -0.05) is 42.5 Å². The number of aliphatic hydroxyl groups is 1. The second kappa shape index (κ2) is 10.6. The zero-order valence-electron chi connectivity index (χ0n) is 21.2. The highest BCUT2D eigenvalue weighted by Crippen LogP contribution is 2.28. The predicted molar refractivity (Wildman–Crippen MR) is 147 cm³/mol. The lowest BCUT2D eigenvalue weighted by Gasteiger charge is -2.42. The largest absolute Gasteiger partial charge is 0.394 e. The maximum Gasteiger partial charge on any atom is 0.254 e. The van der Waals surface area contributed by atoms with Gasteiger partial charge in [0.25, 0.3) is 5.91 Å². The van der Waals surface area contributed by atoms with Crippen molar-refractivity contribution in [3.63, 3.8) is 0 Å². The SMILES string of the molecule is Cc1cc(C)c(C(=O)N2CCN(c3ccccc3)C(CO)C2)cc1NC1CCN(c2ccccc2)C1. The molecular formula is C30H36N4O2. The first-order valence-electron chi connectivity index (χ1n) is 12.9. The van der Waals surface area contributed by atoms with Crippen LogP contribution in [0.2, 0.25) is 0 Å². The summed E-state index contributed by atoms with van der Waals surface area (Å²) in [5, 5.41) is 13.8. The standard InChI is InChI=1S/C30H36N4O2/c1-22-17-23(2)29(31-24-13-14-32(19-24)25-9-5-3-6-10-25)18-28(22)30(36)33-15-16-34(27(20-33)21-35)26-11-7-4-8-12-26/h3-12,17-18,24,27,31,35H,13-16,19-21H2,1-2H3. The minimum Gasteiger partial charge on any atom is -0.394 e. The minimum absolute atomic E-state index is 0.0119. The number of carbonyl (C=O) groups is 1. The van der Waals surface area contributed by atoms with Crippen molar-refractivity contribution in [3.05, 3.63) is 89.5 Å².